The number of pyridine rings is 1. The van der Waals surface area contributed by atoms with E-state index in [1.807, 2.05) is 18.5 Å². The third-order valence-corrected chi connectivity index (χ3v) is 2.81. The molecule has 15 heavy (non-hydrogen) atoms. The van der Waals surface area contributed by atoms with Crippen LogP contribution in [0.15, 0.2) is 24.5 Å². The number of halogens is 1. The highest BCUT2D eigenvalue weighted by Crippen LogP contribution is 2.09. The van der Waals surface area contributed by atoms with Gasteiger partial charge in [0.1, 0.15) is 0 Å². The molecule has 2 rings (SSSR count). The van der Waals surface area contributed by atoms with Gasteiger partial charge in [-0.25, -0.2) is 0 Å². The maximum absolute atomic E-state index is 4.12. The van der Waals surface area contributed by atoms with E-state index in [4.69, 9.17) is 0 Å². The molecule has 0 amide bonds. The molecule has 1 aromatic heterocycles. The first-order valence-corrected chi connectivity index (χ1v) is 5.16. The van der Waals surface area contributed by atoms with Gasteiger partial charge in [0.2, 0.25) is 0 Å². The Labute approximate surface area is 97.3 Å². The summed E-state index contributed by atoms with van der Waals surface area (Å²) in [5.74, 6) is 0. The van der Waals surface area contributed by atoms with Gasteiger partial charge in [0, 0.05) is 31.5 Å². The summed E-state index contributed by atoms with van der Waals surface area (Å²) in [6.07, 6.45) is 5.02. The fourth-order valence-electron chi connectivity index (χ4n) is 1.92. The summed E-state index contributed by atoms with van der Waals surface area (Å²) in [4.78, 5) is 6.52. The van der Waals surface area contributed by atoms with E-state index in [1.54, 1.807) is 0 Å². The number of hydrogen-bond donors (Lipinski definition) is 1. The second-order valence-electron chi connectivity index (χ2n) is 3.92. The molecular weight excluding hydrogens is 210 g/mol. The van der Waals surface area contributed by atoms with Gasteiger partial charge in [-0.1, -0.05) is 6.07 Å². The van der Waals surface area contributed by atoms with E-state index >= 15 is 0 Å². The molecule has 0 aliphatic carbocycles. The lowest BCUT2D eigenvalue weighted by atomic mass is 10.2. The van der Waals surface area contributed by atoms with Crippen molar-refractivity contribution < 1.29 is 0 Å². The Morgan fingerprint density at radius 3 is 3.07 bits per heavy atom. The summed E-state index contributed by atoms with van der Waals surface area (Å²) in [6, 6.07) is 4.82. The molecule has 0 aromatic carbocycles. The van der Waals surface area contributed by atoms with Crippen LogP contribution in [0.1, 0.15) is 12.0 Å². The van der Waals surface area contributed by atoms with Gasteiger partial charge in [-0.2, -0.15) is 0 Å². The van der Waals surface area contributed by atoms with Crippen LogP contribution in [0.2, 0.25) is 0 Å². The molecule has 2 heterocycles. The third-order valence-electron chi connectivity index (χ3n) is 2.81. The Morgan fingerprint density at radius 1 is 1.60 bits per heavy atom. The fourth-order valence-corrected chi connectivity index (χ4v) is 1.92. The normalized spacial score (nSPS) is 20.3. The summed E-state index contributed by atoms with van der Waals surface area (Å²) in [5, 5.41) is 3.38. The van der Waals surface area contributed by atoms with Crippen LogP contribution in [0.3, 0.4) is 0 Å². The summed E-state index contributed by atoms with van der Waals surface area (Å²) >= 11 is 0. The Kier molecular flexibility index (Phi) is 5.02. The molecule has 84 valence electrons. The zero-order valence-corrected chi connectivity index (χ0v) is 9.83. The van der Waals surface area contributed by atoms with E-state index in [-0.39, 0.29) is 12.4 Å². The van der Waals surface area contributed by atoms with Crippen molar-refractivity contribution in [2.45, 2.75) is 19.0 Å². The Morgan fingerprint density at radius 2 is 2.47 bits per heavy atom. The molecule has 0 spiro atoms. The van der Waals surface area contributed by atoms with Gasteiger partial charge in [-0.05, 0) is 31.6 Å². The Balaban J connectivity index is 0.00000112. The minimum absolute atomic E-state index is 0. The number of likely N-dealkylation sites (N-methyl/N-ethyl adjacent to an activating group) is 1. The van der Waals surface area contributed by atoms with E-state index < -0.39 is 0 Å². The highest BCUT2D eigenvalue weighted by Gasteiger charge is 2.18. The smallest absolute Gasteiger partial charge is 0.0312 e. The molecular formula is C11H18ClN3. The van der Waals surface area contributed by atoms with Crippen molar-refractivity contribution in [3.05, 3.63) is 30.1 Å². The van der Waals surface area contributed by atoms with Crippen molar-refractivity contribution in [2.24, 2.45) is 0 Å². The van der Waals surface area contributed by atoms with E-state index in [0.717, 1.165) is 19.6 Å². The second kappa shape index (κ2) is 6.05. The predicted molar refractivity (Wildman–Crippen MR) is 64.2 cm³/mol. The highest BCUT2D eigenvalue weighted by atomic mass is 35.5. The van der Waals surface area contributed by atoms with Crippen molar-refractivity contribution in [3.63, 3.8) is 0 Å². The SMILES string of the molecule is CN(Cc1cccnc1)C1CCNC1.Cl. The van der Waals surface area contributed by atoms with E-state index in [9.17, 15) is 0 Å². The maximum Gasteiger partial charge on any atom is 0.0312 e. The first-order chi connectivity index (χ1) is 6.86. The molecule has 4 heteroatoms. The van der Waals surface area contributed by atoms with Crippen molar-refractivity contribution in [1.82, 2.24) is 15.2 Å². The molecule has 1 aliphatic heterocycles. The molecule has 1 aromatic rings. The van der Waals surface area contributed by atoms with E-state index in [0.29, 0.717) is 6.04 Å². The van der Waals surface area contributed by atoms with Crippen LogP contribution in [0.5, 0.6) is 0 Å². The van der Waals surface area contributed by atoms with Gasteiger partial charge in [0.25, 0.3) is 0 Å². The number of nitrogens with zero attached hydrogens (tertiary/aromatic N) is 2. The van der Waals surface area contributed by atoms with Crippen molar-refractivity contribution in [2.75, 3.05) is 20.1 Å². The van der Waals surface area contributed by atoms with Crippen molar-refractivity contribution in [3.8, 4) is 0 Å². The number of aromatic nitrogens is 1. The topological polar surface area (TPSA) is 28.2 Å². The largest absolute Gasteiger partial charge is 0.315 e. The highest BCUT2D eigenvalue weighted by molar-refractivity contribution is 5.85. The maximum atomic E-state index is 4.12. The lowest BCUT2D eigenvalue weighted by Crippen LogP contribution is -2.32. The predicted octanol–water partition coefficient (Wildman–Crippen LogP) is 1.30. The molecule has 1 saturated heterocycles. The lowest BCUT2D eigenvalue weighted by Gasteiger charge is -2.23. The number of nitrogens with one attached hydrogen (secondary N) is 1. The summed E-state index contributed by atoms with van der Waals surface area (Å²) in [5.41, 5.74) is 1.29. The van der Waals surface area contributed by atoms with E-state index in [1.165, 1.54) is 12.0 Å². The third kappa shape index (κ3) is 3.45. The van der Waals surface area contributed by atoms with Crippen LogP contribution in [0, 0.1) is 0 Å². The van der Waals surface area contributed by atoms with Gasteiger partial charge >= 0.3 is 0 Å². The molecule has 1 unspecified atom stereocenters. The molecule has 1 atom stereocenters. The first kappa shape index (κ1) is 12.4. The second-order valence-corrected chi connectivity index (χ2v) is 3.92. The van der Waals surface area contributed by atoms with Crippen LogP contribution in [0.25, 0.3) is 0 Å². The zero-order valence-electron chi connectivity index (χ0n) is 9.02. The van der Waals surface area contributed by atoms with Crippen molar-refractivity contribution in [1.29, 1.82) is 0 Å². The van der Waals surface area contributed by atoms with Gasteiger partial charge in [-0.15, -0.1) is 12.4 Å². The van der Waals surface area contributed by atoms with Gasteiger partial charge in [0.15, 0.2) is 0 Å². The van der Waals surface area contributed by atoms with E-state index in [2.05, 4.69) is 28.3 Å². The van der Waals surface area contributed by atoms with Gasteiger partial charge in [-0.3, -0.25) is 9.88 Å². The average Bonchev–Trinajstić information content (AvgIpc) is 2.72. The minimum atomic E-state index is 0. The minimum Gasteiger partial charge on any atom is -0.315 e. The molecule has 0 radical (unpaired) electrons. The van der Waals surface area contributed by atoms with Crippen LogP contribution >= 0.6 is 12.4 Å². The van der Waals surface area contributed by atoms with Crippen LogP contribution in [0.4, 0.5) is 0 Å². The summed E-state index contributed by atoms with van der Waals surface area (Å²) in [6.45, 7) is 3.28. The Hall–Kier alpha value is -0.640. The van der Waals surface area contributed by atoms with Crippen LogP contribution in [-0.4, -0.2) is 36.1 Å². The summed E-state index contributed by atoms with van der Waals surface area (Å²) < 4.78 is 0. The molecule has 1 aliphatic rings. The molecule has 0 bridgehead atoms. The molecule has 0 saturated carbocycles. The van der Waals surface area contributed by atoms with Crippen molar-refractivity contribution >= 4 is 12.4 Å². The fraction of sp³-hybridized carbons (Fsp3) is 0.545. The Bertz CT molecular complexity index is 272. The number of rotatable bonds is 3. The number of hydrogen-bond acceptors (Lipinski definition) is 3. The molecule has 3 nitrogen and oxygen atoms in total. The monoisotopic (exact) mass is 227 g/mol. The van der Waals surface area contributed by atoms with Crippen LogP contribution < -0.4 is 5.32 Å². The standard InChI is InChI=1S/C11H17N3.ClH/c1-14(11-4-6-13-8-11)9-10-3-2-5-12-7-10;/h2-3,5,7,11,13H,4,6,8-9H2,1H3;1H. The first-order valence-electron chi connectivity index (χ1n) is 5.16. The van der Waals surface area contributed by atoms with Crippen LogP contribution in [-0.2, 0) is 6.54 Å². The average molecular weight is 228 g/mol. The van der Waals surface area contributed by atoms with Gasteiger partial charge in [0.05, 0.1) is 0 Å². The summed E-state index contributed by atoms with van der Waals surface area (Å²) in [7, 11) is 2.19. The quantitative estimate of drug-likeness (QED) is 0.844. The zero-order chi connectivity index (χ0) is 9.80. The van der Waals surface area contributed by atoms with Gasteiger partial charge < -0.3 is 5.32 Å². The molecule has 1 N–H and O–H groups in total. The lowest BCUT2D eigenvalue weighted by molar-refractivity contribution is 0.248. The molecule has 1 fully saturated rings.